The fraction of sp³-hybridized carbons (Fsp3) is 0.643. The lowest BCUT2D eigenvalue weighted by molar-refractivity contribution is -0.137. The van der Waals surface area contributed by atoms with Crippen LogP contribution in [0.1, 0.15) is 60.9 Å². The first-order valence-electron chi connectivity index (χ1n) is 6.89. The molecule has 19 heavy (non-hydrogen) atoms. The van der Waals surface area contributed by atoms with Gasteiger partial charge in [-0.05, 0) is 32.1 Å². The zero-order chi connectivity index (χ0) is 13.4. The van der Waals surface area contributed by atoms with Gasteiger partial charge in [-0.25, -0.2) is 0 Å². The Balaban J connectivity index is 2.03. The highest BCUT2D eigenvalue weighted by Gasteiger charge is 2.36. The zero-order valence-corrected chi connectivity index (χ0v) is 10.8. The largest absolute Gasteiger partial charge is 0.480 e. The summed E-state index contributed by atoms with van der Waals surface area (Å²) in [7, 11) is 0. The summed E-state index contributed by atoms with van der Waals surface area (Å²) in [5.41, 5.74) is 3.35. The monoisotopic (exact) mass is 259 g/mol. The van der Waals surface area contributed by atoms with Crippen LogP contribution >= 0.6 is 0 Å². The topological polar surface area (TPSA) is 78.9 Å². The van der Waals surface area contributed by atoms with E-state index in [0.29, 0.717) is 12.3 Å². The molecule has 100 valence electrons. The molecule has 0 saturated heterocycles. The van der Waals surface area contributed by atoms with Crippen LogP contribution in [0.4, 0.5) is 0 Å². The summed E-state index contributed by atoms with van der Waals surface area (Å²) in [5.74, 6) is -0.0926. The first-order valence-corrected chi connectivity index (χ1v) is 6.89. The summed E-state index contributed by atoms with van der Waals surface area (Å²) >= 11 is 0. The second kappa shape index (κ2) is 4.69. The summed E-state index contributed by atoms with van der Waals surface area (Å²) in [4.78, 5) is 10.9. The molecule has 1 N–H and O–H groups in total. The lowest BCUT2D eigenvalue weighted by Gasteiger charge is -2.22. The number of carboxylic acids is 1. The van der Waals surface area contributed by atoms with Gasteiger partial charge in [0, 0.05) is 29.5 Å². The molecule has 1 aromatic rings. The number of nitriles is 1. The molecule has 5 heteroatoms. The minimum atomic E-state index is -0.852. The smallest absolute Gasteiger partial charge is 0.325 e. The van der Waals surface area contributed by atoms with Crippen molar-refractivity contribution in [1.29, 1.82) is 5.26 Å². The van der Waals surface area contributed by atoms with Gasteiger partial charge in [0.1, 0.15) is 6.54 Å². The van der Waals surface area contributed by atoms with Gasteiger partial charge in [-0.15, -0.1) is 0 Å². The van der Waals surface area contributed by atoms with Crippen LogP contribution in [-0.2, 0) is 17.8 Å². The Labute approximate surface area is 111 Å². The minimum absolute atomic E-state index is 0.0612. The molecule has 3 rings (SSSR count). The SMILES string of the molecule is N#CCC1CCCc2c1c(C1CC1)nn2CC(=O)O. The Morgan fingerprint density at radius 2 is 2.26 bits per heavy atom. The third kappa shape index (κ3) is 2.23. The number of carboxylic acid groups (broad SMARTS) is 1. The maximum absolute atomic E-state index is 10.9. The zero-order valence-electron chi connectivity index (χ0n) is 10.8. The second-order valence-corrected chi connectivity index (χ2v) is 5.52. The summed E-state index contributed by atoms with van der Waals surface area (Å²) in [6, 6.07) is 2.26. The van der Waals surface area contributed by atoms with Gasteiger partial charge in [0.25, 0.3) is 0 Å². The number of rotatable bonds is 4. The molecule has 2 aliphatic carbocycles. The van der Waals surface area contributed by atoms with E-state index in [0.717, 1.165) is 43.5 Å². The molecule has 5 nitrogen and oxygen atoms in total. The van der Waals surface area contributed by atoms with Gasteiger partial charge in [0.05, 0.1) is 11.8 Å². The molecular formula is C14H17N3O2. The fourth-order valence-corrected chi connectivity index (χ4v) is 3.13. The minimum Gasteiger partial charge on any atom is -0.480 e. The van der Waals surface area contributed by atoms with Gasteiger partial charge in [0.15, 0.2) is 0 Å². The van der Waals surface area contributed by atoms with Gasteiger partial charge in [-0.3, -0.25) is 9.48 Å². The molecule has 1 atom stereocenters. The average molecular weight is 259 g/mol. The third-order valence-corrected chi connectivity index (χ3v) is 4.09. The van der Waals surface area contributed by atoms with Crippen molar-refractivity contribution in [2.24, 2.45) is 0 Å². The molecule has 0 bridgehead atoms. The number of hydrogen-bond acceptors (Lipinski definition) is 3. The van der Waals surface area contributed by atoms with Crippen molar-refractivity contribution < 1.29 is 9.90 Å². The Morgan fingerprint density at radius 3 is 2.89 bits per heavy atom. The van der Waals surface area contributed by atoms with Crippen molar-refractivity contribution in [2.75, 3.05) is 0 Å². The highest BCUT2D eigenvalue weighted by atomic mass is 16.4. The molecule has 0 spiro atoms. The number of carbonyl (C=O) groups is 1. The van der Waals surface area contributed by atoms with Gasteiger partial charge in [-0.2, -0.15) is 10.4 Å². The highest BCUT2D eigenvalue weighted by Crippen LogP contribution is 2.46. The van der Waals surface area contributed by atoms with E-state index in [1.807, 2.05) is 0 Å². The van der Waals surface area contributed by atoms with Gasteiger partial charge < -0.3 is 5.11 Å². The van der Waals surface area contributed by atoms with Crippen LogP contribution < -0.4 is 0 Å². The Morgan fingerprint density at radius 1 is 1.47 bits per heavy atom. The molecule has 0 aliphatic heterocycles. The fourth-order valence-electron chi connectivity index (χ4n) is 3.13. The lowest BCUT2D eigenvalue weighted by Crippen LogP contribution is -2.16. The number of aromatic nitrogens is 2. The summed E-state index contributed by atoms with van der Waals surface area (Å²) in [5, 5.41) is 22.5. The van der Waals surface area contributed by atoms with Crippen LogP contribution in [0.25, 0.3) is 0 Å². The quantitative estimate of drug-likeness (QED) is 0.898. The average Bonchev–Trinajstić information content (AvgIpc) is 3.14. The second-order valence-electron chi connectivity index (χ2n) is 5.52. The standard InChI is InChI=1S/C14H17N3O2/c15-7-6-9-2-1-3-11-13(9)14(10-4-5-10)16-17(11)8-12(18)19/h9-10H,1-6,8H2,(H,18,19). The molecule has 1 aromatic heterocycles. The van der Waals surface area contributed by atoms with Gasteiger partial charge >= 0.3 is 5.97 Å². The van der Waals surface area contributed by atoms with Crippen molar-refractivity contribution in [1.82, 2.24) is 9.78 Å². The van der Waals surface area contributed by atoms with Crippen molar-refractivity contribution in [2.45, 2.75) is 56.9 Å². The predicted octanol–water partition coefficient (Wildman–Crippen LogP) is 2.18. The first kappa shape index (κ1) is 12.2. The Bertz CT molecular complexity index is 552. The van der Waals surface area contributed by atoms with E-state index < -0.39 is 5.97 Å². The molecule has 1 heterocycles. The van der Waals surface area contributed by atoms with E-state index in [9.17, 15) is 4.79 Å². The van der Waals surface area contributed by atoms with E-state index in [2.05, 4.69) is 11.2 Å². The number of aliphatic carboxylic acids is 1. The van der Waals surface area contributed by atoms with E-state index in [-0.39, 0.29) is 12.5 Å². The molecule has 0 aromatic carbocycles. The number of fused-ring (bicyclic) bond motifs is 1. The van der Waals surface area contributed by atoms with Crippen LogP contribution in [0.3, 0.4) is 0 Å². The maximum Gasteiger partial charge on any atom is 0.325 e. The number of hydrogen-bond donors (Lipinski definition) is 1. The van der Waals surface area contributed by atoms with E-state index in [1.54, 1.807) is 4.68 Å². The molecule has 1 unspecified atom stereocenters. The predicted molar refractivity (Wildman–Crippen MR) is 67.7 cm³/mol. The van der Waals surface area contributed by atoms with Crippen molar-refractivity contribution in [3.05, 3.63) is 17.0 Å². The molecule has 1 saturated carbocycles. The van der Waals surface area contributed by atoms with Crippen molar-refractivity contribution in [3.8, 4) is 6.07 Å². The molecule has 0 radical (unpaired) electrons. The Hall–Kier alpha value is -1.83. The lowest BCUT2D eigenvalue weighted by atomic mass is 9.82. The van der Waals surface area contributed by atoms with Crippen LogP contribution in [0.2, 0.25) is 0 Å². The van der Waals surface area contributed by atoms with Crippen molar-refractivity contribution in [3.63, 3.8) is 0 Å². The van der Waals surface area contributed by atoms with E-state index in [4.69, 9.17) is 10.4 Å². The summed E-state index contributed by atoms with van der Waals surface area (Å²) in [6.07, 6.45) is 5.76. The van der Waals surface area contributed by atoms with Gasteiger partial charge in [-0.1, -0.05) is 0 Å². The summed E-state index contributed by atoms with van der Waals surface area (Å²) in [6.45, 7) is -0.0612. The molecule has 0 amide bonds. The Kier molecular flexibility index (Phi) is 3.02. The van der Waals surface area contributed by atoms with E-state index >= 15 is 0 Å². The first-order chi connectivity index (χ1) is 9.20. The van der Waals surface area contributed by atoms with E-state index in [1.165, 1.54) is 5.56 Å². The van der Waals surface area contributed by atoms with Crippen LogP contribution in [0.5, 0.6) is 0 Å². The van der Waals surface area contributed by atoms with Gasteiger partial charge in [0.2, 0.25) is 0 Å². The van der Waals surface area contributed by atoms with Crippen molar-refractivity contribution >= 4 is 5.97 Å². The highest BCUT2D eigenvalue weighted by molar-refractivity contribution is 5.66. The van der Waals surface area contributed by atoms with Crippen LogP contribution in [0.15, 0.2) is 0 Å². The number of nitrogens with zero attached hydrogens (tertiary/aromatic N) is 3. The molecule has 2 aliphatic rings. The van der Waals surface area contributed by atoms with Crippen LogP contribution in [-0.4, -0.2) is 20.9 Å². The molecule has 1 fully saturated rings. The maximum atomic E-state index is 10.9. The normalized spacial score (nSPS) is 21.7. The third-order valence-electron chi connectivity index (χ3n) is 4.09. The molecular weight excluding hydrogens is 242 g/mol. The summed E-state index contributed by atoms with van der Waals surface area (Å²) < 4.78 is 1.66. The van der Waals surface area contributed by atoms with Crippen LogP contribution in [0, 0.1) is 11.3 Å².